The molecule has 1 amide bonds. The van der Waals surface area contributed by atoms with Crippen molar-refractivity contribution < 1.29 is 19.1 Å². The number of fused-ring (bicyclic) bond motifs is 1. The first kappa shape index (κ1) is 15.4. The van der Waals surface area contributed by atoms with Crippen molar-refractivity contribution in [1.29, 1.82) is 0 Å². The molecular weight excluding hydrogens is 304 g/mol. The predicted octanol–water partition coefficient (Wildman–Crippen LogP) is 1.78. The van der Waals surface area contributed by atoms with Crippen LogP contribution < -0.4 is 0 Å². The van der Waals surface area contributed by atoms with Crippen LogP contribution in [0.2, 0.25) is 0 Å². The number of likely N-dealkylation sites (tertiary alicyclic amines) is 1. The smallest absolute Gasteiger partial charge is 0.335 e. The van der Waals surface area contributed by atoms with Gasteiger partial charge in [0.25, 0.3) is 5.91 Å². The fourth-order valence-corrected chi connectivity index (χ4v) is 4.16. The van der Waals surface area contributed by atoms with Crippen LogP contribution in [0.5, 0.6) is 0 Å². The zero-order chi connectivity index (χ0) is 15.9. The van der Waals surface area contributed by atoms with E-state index in [-0.39, 0.29) is 30.1 Å². The lowest BCUT2D eigenvalue weighted by Gasteiger charge is -2.41. The highest BCUT2D eigenvalue weighted by atomic mass is 32.1. The summed E-state index contributed by atoms with van der Waals surface area (Å²) in [5.41, 5.74) is 2.45. The number of carbonyl (C=O) groups is 2. The minimum atomic E-state index is -0.567. The summed E-state index contributed by atoms with van der Waals surface area (Å²) in [5.74, 6) is -0.361. The highest BCUT2D eigenvalue weighted by Crippen LogP contribution is 2.36. The van der Waals surface area contributed by atoms with Gasteiger partial charge in [-0.2, -0.15) is 0 Å². The third kappa shape index (κ3) is 2.52. The molecule has 0 spiro atoms. The Balaban J connectivity index is 1.84. The van der Waals surface area contributed by atoms with Gasteiger partial charge in [0.2, 0.25) is 0 Å². The van der Waals surface area contributed by atoms with Gasteiger partial charge in [-0.05, 0) is 26.7 Å². The quantitative estimate of drug-likeness (QED) is 0.776. The molecule has 22 heavy (non-hydrogen) atoms. The topological polar surface area (TPSA) is 68.7 Å². The molecule has 2 aliphatic heterocycles. The highest BCUT2D eigenvalue weighted by Gasteiger charge is 2.48. The molecule has 1 aromatic heterocycles. The highest BCUT2D eigenvalue weighted by molar-refractivity contribution is 7.11. The van der Waals surface area contributed by atoms with Crippen LogP contribution in [0.15, 0.2) is 5.51 Å². The monoisotopic (exact) mass is 324 g/mol. The number of hydrogen-bond donors (Lipinski definition) is 0. The fraction of sp³-hybridized carbons (Fsp3) is 0.667. The summed E-state index contributed by atoms with van der Waals surface area (Å²) in [6.45, 7) is 3.90. The number of piperidine rings is 1. The maximum absolute atomic E-state index is 12.9. The summed E-state index contributed by atoms with van der Waals surface area (Å²) < 4.78 is 10.6. The van der Waals surface area contributed by atoms with Gasteiger partial charge >= 0.3 is 5.97 Å². The summed E-state index contributed by atoms with van der Waals surface area (Å²) in [6, 6.07) is 0.0668. The van der Waals surface area contributed by atoms with Crippen molar-refractivity contribution in [2.45, 2.75) is 57.4 Å². The van der Waals surface area contributed by atoms with E-state index in [2.05, 4.69) is 11.9 Å². The Bertz CT molecular complexity index is 588. The third-order valence-corrected chi connectivity index (χ3v) is 5.48. The summed E-state index contributed by atoms with van der Waals surface area (Å²) in [4.78, 5) is 31.4. The lowest BCUT2D eigenvalue weighted by molar-refractivity contribution is -0.153. The maximum Gasteiger partial charge on any atom is 0.335 e. The minimum Gasteiger partial charge on any atom is -0.467 e. The number of methoxy groups -OCH3 is 1. The van der Waals surface area contributed by atoms with E-state index in [4.69, 9.17) is 9.47 Å². The number of thiazole rings is 1. The number of aromatic nitrogens is 1. The first-order valence-electron chi connectivity index (χ1n) is 7.49. The van der Waals surface area contributed by atoms with Crippen LogP contribution >= 0.6 is 11.3 Å². The minimum absolute atomic E-state index is 0.00341. The molecule has 2 saturated heterocycles. The van der Waals surface area contributed by atoms with Crippen molar-refractivity contribution >= 4 is 23.2 Å². The van der Waals surface area contributed by atoms with E-state index in [1.807, 2.05) is 11.8 Å². The molecule has 4 atom stereocenters. The second kappa shape index (κ2) is 5.96. The molecule has 0 radical (unpaired) electrons. The number of aryl methyl sites for hydroxylation is 1. The van der Waals surface area contributed by atoms with Crippen molar-refractivity contribution in [3.63, 3.8) is 0 Å². The van der Waals surface area contributed by atoms with Gasteiger partial charge in [-0.15, -0.1) is 11.3 Å². The first-order chi connectivity index (χ1) is 10.5. The van der Waals surface area contributed by atoms with Crippen LogP contribution in [-0.2, 0) is 14.3 Å². The molecule has 0 aromatic carbocycles. The average Bonchev–Trinajstić information content (AvgIpc) is 3.11. The van der Waals surface area contributed by atoms with Gasteiger partial charge in [0, 0.05) is 12.5 Å². The van der Waals surface area contributed by atoms with Crippen molar-refractivity contribution in [3.05, 3.63) is 16.1 Å². The van der Waals surface area contributed by atoms with Crippen molar-refractivity contribution in [3.8, 4) is 0 Å². The van der Waals surface area contributed by atoms with E-state index >= 15 is 0 Å². The van der Waals surface area contributed by atoms with Gasteiger partial charge in [0.05, 0.1) is 30.5 Å². The molecule has 6 nitrogen and oxygen atoms in total. The standard InChI is InChI=1S/C15H20N2O4S/c1-8-4-5-11-10(6-12(21-11)15(19)20-3)17(8)14(18)13-9(2)16-7-22-13/h7-8,10-12H,4-6H2,1-3H3/t8-,10+,11-,12-/m0/s1. The van der Waals surface area contributed by atoms with Crippen LogP contribution in [-0.4, -0.2) is 53.2 Å². The molecule has 0 saturated carbocycles. The summed E-state index contributed by atoms with van der Waals surface area (Å²) in [7, 11) is 1.36. The van der Waals surface area contributed by atoms with E-state index in [1.165, 1.54) is 18.4 Å². The zero-order valence-corrected chi connectivity index (χ0v) is 13.8. The molecule has 1 aromatic rings. The van der Waals surface area contributed by atoms with E-state index in [0.717, 1.165) is 18.5 Å². The molecular formula is C15H20N2O4S. The van der Waals surface area contributed by atoms with E-state index in [1.54, 1.807) is 5.51 Å². The molecule has 0 bridgehead atoms. The van der Waals surface area contributed by atoms with Gasteiger partial charge in [-0.25, -0.2) is 9.78 Å². The Kier molecular flexibility index (Phi) is 4.18. The maximum atomic E-state index is 12.9. The van der Waals surface area contributed by atoms with Crippen molar-refractivity contribution in [2.75, 3.05) is 7.11 Å². The summed E-state index contributed by atoms with van der Waals surface area (Å²) >= 11 is 1.36. The third-order valence-electron chi connectivity index (χ3n) is 4.56. The average molecular weight is 324 g/mol. The van der Waals surface area contributed by atoms with Crippen LogP contribution in [0.25, 0.3) is 0 Å². The molecule has 0 unspecified atom stereocenters. The largest absolute Gasteiger partial charge is 0.467 e. The van der Waals surface area contributed by atoms with E-state index < -0.39 is 6.10 Å². The van der Waals surface area contributed by atoms with Crippen molar-refractivity contribution in [2.24, 2.45) is 0 Å². The normalized spacial score (nSPS) is 31.0. The molecule has 2 aliphatic rings. The van der Waals surface area contributed by atoms with E-state index in [9.17, 15) is 9.59 Å². The fourth-order valence-electron chi connectivity index (χ4n) is 3.41. The SMILES string of the molecule is COC(=O)[C@@H]1C[C@@H]2[C@H](CC[C@H](C)N2C(=O)c2scnc2C)O1. The Morgan fingerprint density at radius 3 is 2.86 bits per heavy atom. The van der Waals surface area contributed by atoms with Gasteiger partial charge in [-0.1, -0.05) is 0 Å². The van der Waals surface area contributed by atoms with Gasteiger partial charge < -0.3 is 14.4 Å². The van der Waals surface area contributed by atoms with Crippen LogP contribution in [0.3, 0.4) is 0 Å². The Morgan fingerprint density at radius 2 is 2.23 bits per heavy atom. The molecule has 2 fully saturated rings. The van der Waals surface area contributed by atoms with Crippen LogP contribution in [0.1, 0.15) is 41.6 Å². The van der Waals surface area contributed by atoms with Gasteiger partial charge in [-0.3, -0.25) is 4.79 Å². The molecule has 0 aliphatic carbocycles. The predicted molar refractivity (Wildman–Crippen MR) is 80.8 cm³/mol. The number of nitrogens with zero attached hydrogens (tertiary/aromatic N) is 2. The number of carbonyl (C=O) groups excluding carboxylic acids is 2. The number of amides is 1. The van der Waals surface area contributed by atoms with Crippen molar-refractivity contribution in [1.82, 2.24) is 9.88 Å². The van der Waals surface area contributed by atoms with Gasteiger partial charge in [0.1, 0.15) is 4.88 Å². The molecule has 0 N–H and O–H groups in total. The molecule has 7 heteroatoms. The Morgan fingerprint density at radius 1 is 1.45 bits per heavy atom. The number of hydrogen-bond acceptors (Lipinski definition) is 6. The molecule has 3 rings (SSSR count). The lowest BCUT2D eigenvalue weighted by Crippen LogP contribution is -2.53. The van der Waals surface area contributed by atoms with E-state index in [0.29, 0.717) is 11.3 Å². The Hall–Kier alpha value is -1.47. The van der Waals surface area contributed by atoms with Gasteiger partial charge in [0.15, 0.2) is 6.10 Å². The first-order valence-corrected chi connectivity index (χ1v) is 8.37. The second-order valence-electron chi connectivity index (χ2n) is 5.90. The Labute approximate surface area is 133 Å². The number of rotatable bonds is 2. The second-order valence-corrected chi connectivity index (χ2v) is 6.75. The number of esters is 1. The summed E-state index contributed by atoms with van der Waals surface area (Å²) in [5, 5.41) is 0. The number of ether oxygens (including phenoxy) is 2. The van der Waals surface area contributed by atoms with Crippen LogP contribution in [0.4, 0.5) is 0 Å². The zero-order valence-electron chi connectivity index (χ0n) is 12.9. The summed E-state index contributed by atoms with van der Waals surface area (Å²) in [6.07, 6.45) is 1.59. The molecule has 120 valence electrons. The lowest BCUT2D eigenvalue weighted by atomic mass is 9.92. The molecule has 3 heterocycles. The van der Waals surface area contributed by atoms with Crippen LogP contribution in [0, 0.1) is 6.92 Å².